The van der Waals surface area contributed by atoms with Crippen molar-refractivity contribution in [3.63, 3.8) is 0 Å². The van der Waals surface area contributed by atoms with E-state index in [-0.39, 0.29) is 5.41 Å². The maximum atomic E-state index is 8.92. The highest BCUT2D eigenvalue weighted by atomic mass is 15.0. The summed E-state index contributed by atoms with van der Waals surface area (Å²) in [6, 6.07) is 2.33. The summed E-state index contributed by atoms with van der Waals surface area (Å²) in [5.74, 6) is 0. The Morgan fingerprint density at radius 2 is 2.29 bits per heavy atom. The van der Waals surface area contributed by atoms with Gasteiger partial charge in [-0.1, -0.05) is 6.92 Å². The molecule has 4 heteroatoms. The standard InChI is InChI=1S/C13H22N4/c1-4-15-8-12-9-17(11-16-12)7-5-6-13(2,3)10-14/h9,11,15H,4-8H2,1-3H3. The molecule has 0 aliphatic carbocycles. The third kappa shape index (κ3) is 5.01. The van der Waals surface area contributed by atoms with E-state index in [9.17, 15) is 0 Å². The Balaban J connectivity index is 2.33. The Hall–Kier alpha value is -1.34. The van der Waals surface area contributed by atoms with Gasteiger partial charge in [-0.05, 0) is 33.2 Å². The van der Waals surface area contributed by atoms with Crippen LogP contribution >= 0.6 is 0 Å². The van der Waals surface area contributed by atoms with E-state index >= 15 is 0 Å². The van der Waals surface area contributed by atoms with Crippen LogP contribution in [0.4, 0.5) is 0 Å². The van der Waals surface area contributed by atoms with Crippen molar-refractivity contribution in [3.8, 4) is 6.07 Å². The zero-order chi connectivity index (χ0) is 12.7. The van der Waals surface area contributed by atoms with Gasteiger partial charge in [-0.3, -0.25) is 0 Å². The van der Waals surface area contributed by atoms with Crippen molar-refractivity contribution in [1.82, 2.24) is 14.9 Å². The van der Waals surface area contributed by atoms with Crippen molar-refractivity contribution in [2.45, 2.75) is 46.7 Å². The molecule has 0 bridgehead atoms. The average Bonchev–Trinajstić information content (AvgIpc) is 2.74. The first-order chi connectivity index (χ1) is 8.07. The van der Waals surface area contributed by atoms with Gasteiger partial charge in [0.05, 0.1) is 23.5 Å². The lowest BCUT2D eigenvalue weighted by molar-refractivity contribution is 0.415. The van der Waals surface area contributed by atoms with Gasteiger partial charge in [-0.25, -0.2) is 4.98 Å². The van der Waals surface area contributed by atoms with E-state index in [1.165, 1.54) is 0 Å². The van der Waals surface area contributed by atoms with Gasteiger partial charge in [0.15, 0.2) is 0 Å². The average molecular weight is 234 g/mol. The summed E-state index contributed by atoms with van der Waals surface area (Å²) < 4.78 is 2.10. The molecule has 4 nitrogen and oxygen atoms in total. The van der Waals surface area contributed by atoms with Crippen molar-refractivity contribution < 1.29 is 0 Å². The van der Waals surface area contributed by atoms with Crippen LogP contribution in [-0.2, 0) is 13.1 Å². The van der Waals surface area contributed by atoms with Crippen LogP contribution in [0.2, 0.25) is 0 Å². The van der Waals surface area contributed by atoms with Crippen LogP contribution in [0, 0.1) is 16.7 Å². The summed E-state index contributed by atoms with van der Waals surface area (Å²) in [7, 11) is 0. The molecule has 0 amide bonds. The monoisotopic (exact) mass is 234 g/mol. The van der Waals surface area contributed by atoms with Crippen molar-refractivity contribution >= 4 is 0 Å². The molecule has 0 atom stereocenters. The van der Waals surface area contributed by atoms with E-state index < -0.39 is 0 Å². The second kappa shape index (κ2) is 6.41. The zero-order valence-corrected chi connectivity index (χ0v) is 11.0. The van der Waals surface area contributed by atoms with Crippen LogP contribution in [0.3, 0.4) is 0 Å². The number of nitriles is 1. The minimum Gasteiger partial charge on any atom is -0.337 e. The Morgan fingerprint density at radius 1 is 1.53 bits per heavy atom. The largest absolute Gasteiger partial charge is 0.337 e. The number of nitrogens with one attached hydrogen (secondary N) is 1. The molecule has 0 fully saturated rings. The van der Waals surface area contributed by atoms with Gasteiger partial charge in [0.2, 0.25) is 0 Å². The molecule has 1 rings (SSSR count). The van der Waals surface area contributed by atoms with Crippen LogP contribution in [0.25, 0.3) is 0 Å². The summed E-state index contributed by atoms with van der Waals surface area (Å²) in [4.78, 5) is 4.32. The molecule has 0 radical (unpaired) electrons. The highest BCUT2D eigenvalue weighted by Gasteiger charge is 2.15. The second-order valence-electron chi connectivity index (χ2n) is 4.98. The number of hydrogen-bond acceptors (Lipinski definition) is 3. The first kappa shape index (κ1) is 13.7. The number of aromatic nitrogens is 2. The molecule has 1 N–H and O–H groups in total. The quantitative estimate of drug-likeness (QED) is 0.787. The highest BCUT2D eigenvalue weighted by Crippen LogP contribution is 2.20. The molecule has 0 spiro atoms. The van der Waals surface area contributed by atoms with E-state index in [0.29, 0.717) is 0 Å². The summed E-state index contributed by atoms with van der Waals surface area (Å²) in [5, 5.41) is 12.2. The van der Waals surface area contributed by atoms with Gasteiger partial charge in [0.1, 0.15) is 0 Å². The van der Waals surface area contributed by atoms with Crippen LogP contribution < -0.4 is 5.32 Å². The van der Waals surface area contributed by atoms with E-state index in [1.807, 2.05) is 20.2 Å². The van der Waals surface area contributed by atoms with Crippen molar-refractivity contribution in [3.05, 3.63) is 18.2 Å². The number of rotatable bonds is 7. The Bertz CT molecular complexity index is 373. The van der Waals surface area contributed by atoms with E-state index in [0.717, 1.165) is 38.2 Å². The SMILES string of the molecule is CCNCc1cn(CCCC(C)(C)C#N)cn1. The molecule has 1 aromatic rings. The predicted molar refractivity (Wildman–Crippen MR) is 68.2 cm³/mol. The lowest BCUT2D eigenvalue weighted by Crippen LogP contribution is -2.12. The number of hydrogen-bond donors (Lipinski definition) is 1. The summed E-state index contributed by atoms with van der Waals surface area (Å²) in [6.45, 7) is 8.77. The molecule has 17 heavy (non-hydrogen) atoms. The van der Waals surface area contributed by atoms with Crippen LogP contribution in [0.15, 0.2) is 12.5 Å². The smallest absolute Gasteiger partial charge is 0.0949 e. The molecule has 0 saturated carbocycles. The third-order valence-corrected chi connectivity index (χ3v) is 2.76. The molecule has 94 valence electrons. The number of nitrogens with zero attached hydrogens (tertiary/aromatic N) is 3. The van der Waals surface area contributed by atoms with E-state index in [2.05, 4.69) is 34.1 Å². The fourth-order valence-corrected chi connectivity index (χ4v) is 1.63. The lowest BCUT2D eigenvalue weighted by Gasteiger charge is -2.14. The van der Waals surface area contributed by atoms with Gasteiger partial charge in [-0.2, -0.15) is 5.26 Å². The third-order valence-electron chi connectivity index (χ3n) is 2.76. The maximum Gasteiger partial charge on any atom is 0.0949 e. The second-order valence-corrected chi connectivity index (χ2v) is 4.98. The van der Waals surface area contributed by atoms with Gasteiger partial charge < -0.3 is 9.88 Å². The van der Waals surface area contributed by atoms with E-state index in [4.69, 9.17) is 5.26 Å². The molecular formula is C13H22N4. The van der Waals surface area contributed by atoms with Crippen LogP contribution in [0.1, 0.15) is 39.3 Å². The normalized spacial score (nSPS) is 11.4. The minimum absolute atomic E-state index is 0.215. The fraction of sp³-hybridized carbons (Fsp3) is 0.692. The summed E-state index contributed by atoms with van der Waals surface area (Å²) in [5.41, 5.74) is 0.860. The molecule has 1 heterocycles. The molecule has 0 aliphatic heterocycles. The molecular weight excluding hydrogens is 212 g/mol. The van der Waals surface area contributed by atoms with Gasteiger partial charge in [0.25, 0.3) is 0 Å². The minimum atomic E-state index is -0.215. The summed E-state index contributed by atoms with van der Waals surface area (Å²) >= 11 is 0. The first-order valence-corrected chi connectivity index (χ1v) is 6.20. The van der Waals surface area contributed by atoms with Gasteiger partial charge in [-0.15, -0.1) is 0 Å². The van der Waals surface area contributed by atoms with Crippen LogP contribution in [0.5, 0.6) is 0 Å². The molecule has 0 saturated heterocycles. The lowest BCUT2D eigenvalue weighted by atomic mass is 9.90. The number of aryl methyl sites for hydroxylation is 1. The molecule has 0 aliphatic rings. The predicted octanol–water partition coefficient (Wildman–Crippen LogP) is 2.32. The van der Waals surface area contributed by atoms with Crippen molar-refractivity contribution in [2.24, 2.45) is 5.41 Å². The van der Waals surface area contributed by atoms with Gasteiger partial charge >= 0.3 is 0 Å². The Morgan fingerprint density at radius 3 is 2.94 bits per heavy atom. The van der Waals surface area contributed by atoms with Crippen molar-refractivity contribution in [1.29, 1.82) is 5.26 Å². The first-order valence-electron chi connectivity index (χ1n) is 6.20. The molecule has 0 unspecified atom stereocenters. The fourth-order valence-electron chi connectivity index (χ4n) is 1.63. The maximum absolute atomic E-state index is 8.92. The topological polar surface area (TPSA) is 53.6 Å². The van der Waals surface area contributed by atoms with E-state index in [1.54, 1.807) is 0 Å². The van der Waals surface area contributed by atoms with Crippen molar-refractivity contribution in [2.75, 3.05) is 6.54 Å². The number of imidazole rings is 1. The molecule has 0 aromatic carbocycles. The van der Waals surface area contributed by atoms with Gasteiger partial charge in [0, 0.05) is 19.3 Å². The zero-order valence-electron chi connectivity index (χ0n) is 11.0. The van der Waals surface area contributed by atoms with Crippen LogP contribution in [-0.4, -0.2) is 16.1 Å². The Kier molecular flexibility index (Phi) is 5.17. The highest BCUT2D eigenvalue weighted by molar-refractivity contribution is 4.96. The molecule has 1 aromatic heterocycles. The summed E-state index contributed by atoms with van der Waals surface area (Å²) in [6.07, 6.45) is 5.87. The Labute approximate surface area is 104 Å².